The Hall–Kier alpha value is -1.80. The quantitative estimate of drug-likeness (QED) is 0.867. The first-order valence-corrected chi connectivity index (χ1v) is 4.91. The van der Waals surface area contributed by atoms with Crippen LogP contribution in [0.4, 0.5) is 0 Å². The lowest BCUT2D eigenvalue weighted by atomic mass is 10.1. The van der Waals surface area contributed by atoms with E-state index < -0.39 is 104 Å². The van der Waals surface area contributed by atoms with Crippen LogP contribution in [-0.4, -0.2) is 13.5 Å². The van der Waals surface area contributed by atoms with E-state index in [9.17, 15) is 0 Å². The predicted octanol–water partition coefficient (Wildman–Crippen LogP) is 3.72. The number of nitrogens with one attached hydrogen (secondary N) is 1. The van der Waals surface area contributed by atoms with E-state index in [2.05, 4.69) is 0 Å². The Morgan fingerprint density at radius 2 is 2.05 bits per heavy atom. The van der Waals surface area contributed by atoms with Crippen LogP contribution < -0.4 is 10.1 Å². The number of para-hydroxylation sites is 1. The zero-order valence-electron chi connectivity index (χ0n) is 29.4. The van der Waals surface area contributed by atoms with Crippen LogP contribution in [-0.2, 0) is 0 Å². The minimum atomic E-state index is -4.08. The normalized spacial score (nSPS) is 31.8. The van der Waals surface area contributed by atoms with Crippen LogP contribution in [0.5, 0.6) is 5.75 Å². The molecule has 0 spiro atoms. The molecule has 2 rings (SSSR count). The molecule has 2 heteroatoms. The largest absolute Gasteiger partial charge is 0.485 e. The summed E-state index contributed by atoms with van der Waals surface area (Å²) >= 11 is 0. The van der Waals surface area contributed by atoms with Gasteiger partial charge in [-0.3, -0.25) is 0 Å². The van der Waals surface area contributed by atoms with E-state index in [0.29, 0.717) is 0 Å². The second-order valence-electron chi connectivity index (χ2n) is 3.01. The van der Waals surface area contributed by atoms with Gasteiger partial charge in [0, 0.05) is 20.1 Å². The molecule has 100 valence electrons. The molecule has 2 aromatic carbocycles. The molecule has 0 saturated carbocycles. The Labute approximate surface area is 143 Å². The fourth-order valence-corrected chi connectivity index (χ4v) is 1.07. The summed E-state index contributed by atoms with van der Waals surface area (Å²) < 4.78 is 164. The average molecular weight is 275 g/mol. The van der Waals surface area contributed by atoms with Crippen LogP contribution in [0.1, 0.15) is 51.0 Å². The maximum absolute atomic E-state index is 8.94. The topological polar surface area (TPSA) is 21.3 Å². The lowest BCUT2D eigenvalue weighted by Gasteiger charge is -2.20. The third-order valence-corrected chi connectivity index (χ3v) is 1.82. The van der Waals surface area contributed by atoms with E-state index in [1.54, 1.807) is 0 Å². The van der Waals surface area contributed by atoms with Crippen molar-refractivity contribution in [1.82, 2.24) is 5.32 Å². The molecule has 0 bridgehead atoms. The van der Waals surface area contributed by atoms with Crippen LogP contribution in [0, 0.1) is 6.85 Å². The van der Waals surface area contributed by atoms with Crippen molar-refractivity contribution in [1.29, 1.82) is 0 Å². The maximum Gasteiger partial charge on any atom is 0.125 e. The molecule has 0 aliphatic heterocycles. The number of hydrogen-bond donors (Lipinski definition) is 1. The Morgan fingerprint density at radius 3 is 2.84 bits per heavy atom. The van der Waals surface area contributed by atoms with Crippen LogP contribution in [0.25, 0.3) is 0 Å². The van der Waals surface area contributed by atoms with Crippen molar-refractivity contribution in [3.63, 3.8) is 0 Å². The lowest BCUT2D eigenvalue weighted by molar-refractivity contribution is 0.193. The standard InChI is InChI=1S/C17H21NO/c1-14-8-6-7-11-16(14)19-17(12-13-18-2)15-9-4-3-5-10-15/h3-11,17-18H,12-13H2,1-2H3/i1D3,2D3,3D,4D,5D,6D,7D,8D,9D,10D,11D,12D2,13D2,17D. The average Bonchev–Trinajstić information content (AvgIpc) is 2.75. The molecule has 19 heavy (non-hydrogen) atoms. The molecule has 0 aromatic heterocycles. The summed E-state index contributed by atoms with van der Waals surface area (Å²) in [4.78, 5) is 0. The first kappa shape index (κ1) is 3.09. The van der Waals surface area contributed by atoms with Gasteiger partial charge in [-0.25, -0.2) is 0 Å². The summed E-state index contributed by atoms with van der Waals surface area (Å²) in [7, 11) is 0. The maximum atomic E-state index is 8.94. The number of hydrogen-bond acceptors (Lipinski definition) is 2. The second-order valence-corrected chi connectivity index (χ2v) is 3.01. The molecule has 0 aliphatic carbocycles. The van der Waals surface area contributed by atoms with Gasteiger partial charge in [-0.15, -0.1) is 0 Å². The molecule has 0 amide bonds. The van der Waals surface area contributed by atoms with Crippen molar-refractivity contribution in [2.24, 2.45) is 0 Å². The molecule has 0 saturated heterocycles. The number of rotatable bonds is 6. The smallest absolute Gasteiger partial charge is 0.125 e. The Balaban J connectivity index is 3.17. The van der Waals surface area contributed by atoms with Crippen LogP contribution in [0.3, 0.4) is 0 Å². The number of ether oxygens (including phenoxy) is 1. The molecule has 0 heterocycles. The van der Waals surface area contributed by atoms with E-state index in [0.717, 1.165) is 0 Å². The zero-order valence-corrected chi connectivity index (χ0v) is 9.41. The predicted molar refractivity (Wildman–Crippen MR) is 79.5 cm³/mol. The first-order chi connectivity index (χ1) is 17.2. The summed E-state index contributed by atoms with van der Waals surface area (Å²) in [6.45, 7) is -10.7. The second kappa shape index (κ2) is 6.95. The van der Waals surface area contributed by atoms with Gasteiger partial charge in [0.1, 0.15) is 11.8 Å². The lowest BCUT2D eigenvalue weighted by Crippen LogP contribution is -2.16. The Bertz CT molecular complexity index is 1270. The van der Waals surface area contributed by atoms with Gasteiger partial charge >= 0.3 is 0 Å². The molecule has 2 nitrogen and oxygen atoms in total. The van der Waals surface area contributed by atoms with Gasteiger partial charge in [-0.2, -0.15) is 0 Å². The van der Waals surface area contributed by atoms with Gasteiger partial charge in [0.15, 0.2) is 0 Å². The molecule has 1 N–H and O–H groups in total. The van der Waals surface area contributed by atoms with Crippen molar-refractivity contribution in [2.75, 3.05) is 13.5 Å². The highest BCUT2D eigenvalue weighted by molar-refractivity contribution is 5.33. The molecule has 0 aliphatic rings. The van der Waals surface area contributed by atoms with E-state index in [4.69, 9.17) is 32.2 Å². The van der Waals surface area contributed by atoms with Gasteiger partial charge in [0.25, 0.3) is 0 Å². The van der Waals surface area contributed by atoms with Crippen LogP contribution in [0.15, 0.2) is 54.4 Å². The highest BCUT2D eigenvalue weighted by Gasteiger charge is 2.13. The molecular weight excluding hydrogens is 234 g/mol. The third kappa shape index (κ3) is 3.83. The third-order valence-electron chi connectivity index (χ3n) is 1.82. The van der Waals surface area contributed by atoms with Crippen LogP contribution in [0.2, 0.25) is 0 Å². The van der Waals surface area contributed by atoms with Crippen molar-refractivity contribution < 1.29 is 32.2 Å². The van der Waals surface area contributed by atoms with Gasteiger partial charge in [-0.05, 0) is 37.5 Å². The van der Waals surface area contributed by atoms with Crippen molar-refractivity contribution in [3.8, 4) is 5.75 Å². The molecule has 2 aromatic rings. The molecule has 1 atom stereocenters. The fraction of sp³-hybridized carbons (Fsp3) is 0.294. The zero-order chi connectivity index (χ0) is 30.8. The molecule has 0 fully saturated rings. The van der Waals surface area contributed by atoms with Crippen molar-refractivity contribution in [3.05, 3.63) is 65.5 Å². The summed E-state index contributed by atoms with van der Waals surface area (Å²) in [5.41, 5.74) is -2.68. The van der Waals surface area contributed by atoms with Gasteiger partial charge in [0.05, 0.1) is 13.7 Å². The summed E-state index contributed by atoms with van der Waals surface area (Å²) in [5.74, 6) is -1.41. The van der Waals surface area contributed by atoms with E-state index >= 15 is 0 Å². The van der Waals surface area contributed by atoms with Crippen molar-refractivity contribution >= 4 is 0 Å². The SMILES string of the molecule is [2H]c1c([2H])c([2H])c(C([2H])(Oc2c([2H])c([2H])c([2H])c([2H])c2C([2H])([2H])[2H])C([2H])([2H])C([2H])([2H])NC([2H])([2H])[2H])c([2H])c1[2H]. The van der Waals surface area contributed by atoms with Gasteiger partial charge < -0.3 is 10.1 Å². The van der Waals surface area contributed by atoms with Gasteiger partial charge in [0.2, 0.25) is 0 Å². The fourth-order valence-electron chi connectivity index (χ4n) is 1.07. The number of benzene rings is 2. The minimum absolute atomic E-state index is 1.01. The van der Waals surface area contributed by atoms with Gasteiger partial charge in [-0.1, -0.05) is 48.3 Å². The molecular formula is C17H21NO. The van der Waals surface area contributed by atoms with Crippen molar-refractivity contribution in [2.45, 2.75) is 19.3 Å². The highest BCUT2D eigenvalue weighted by Crippen LogP contribution is 2.26. The summed E-state index contributed by atoms with van der Waals surface area (Å²) in [5, 5.41) is 1.31. The Morgan fingerprint density at radius 1 is 1.26 bits per heavy atom. The minimum Gasteiger partial charge on any atom is -0.485 e. The van der Waals surface area contributed by atoms with E-state index in [1.807, 2.05) is 0 Å². The van der Waals surface area contributed by atoms with E-state index in [1.165, 1.54) is 5.32 Å². The molecule has 1 unspecified atom stereocenters. The van der Waals surface area contributed by atoms with Crippen LogP contribution >= 0.6 is 0 Å². The first-order valence-electron chi connectivity index (χ1n) is 14.9. The monoisotopic (exact) mass is 275 g/mol. The summed E-state index contributed by atoms with van der Waals surface area (Å²) in [6.07, 6.45) is -8.05. The summed E-state index contributed by atoms with van der Waals surface area (Å²) in [6, 6.07) is -10.5. The highest BCUT2D eigenvalue weighted by atomic mass is 16.5. The molecule has 0 radical (unpaired) electrons. The van der Waals surface area contributed by atoms with E-state index in [-0.39, 0.29) is 0 Å². The Kier molecular flexibility index (Phi) is 1.13.